The Hall–Kier alpha value is -1.44. The molecule has 1 atom stereocenters. The number of thioether (sulfide) groups is 1. The van der Waals surface area contributed by atoms with Gasteiger partial charge in [0, 0.05) is 18.6 Å². The van der Waals surface area contributed by atoms with E-state index in [9.17, 15) is 4.39 Å². The number of hydrogen-bond acceptors (Lipinski definition) is 6. The van der Waals surface area contributed by atoms with Crippen LogP contribution >= 0.6 is 11.8 Å². The number of benzene rings is 1. The minimum absolute atomic E-state index is 0.259. The number of ether oxygens (including phenoxy) is 1. The standard InChI is InChI=1S/C13H16FN3O2S/c1-18-6-5-11(15)13-16-12(17-19-13)8-20-10-4-2-3-9(14)7-10/h2-4,7,11H,5-6,8,15H2,1H3. The Bertz CT molecular complexity index is 550. The Morgan fingerprint density at radius 2 is 2.35 bits per heavy atom. The highest BCUT2D eigenvalue weighted by molar-refractivity contribution is 7.98. The van der Waals surface area contributed by atoms with E-state index < -0.39 is 0 Å². The van der Waals surface area contributed by atoms with Crippen molar-refractivity contribution in [1.82, 2.24) is 10.1 Å². The number of nitrogens with two attached hydrogens (primary N) is 1. The van der Waals surface area contributed by atoms with Crippen LogP contribution in [0.4, 0.5) is 4.39 Å². The van der Waals surface area contributed by atoms with Gasteiger partial charge in [-0.1, -0.05) is 11.2 Å². The predicted molar refractivity (Wildman–Crippen MR) is 73.7 cm³/mol. The van der Waals surface area contributed by atoms with Crippen LogP contribution in [0.1, 0.15) is 24.2 Å². The number of aromatic nitrogens is 2. The van der Waals surface area contributed by atoms with Crippen LogP contribution in [-0.4, -0.2) is 23.9 Å². The van der Waals surface area contributed by atoms with Gasteiger partial charge in [-0.2, -0.15) is 4.98 Å². The van der Waals surface area contributed by atoms with Gasteiger partial charge in [0.15, 0.2) is 5.82 Å². The van der Waals surface area contributed by atoms with Crippen molar-refractivity contribution >= 4 is 11.8 Å². The highest BCUT2D eigenvalue weighted by Gasteiger charge is 2.14. The summed E-state index contributed by atoms with van der Waals surface area (Å²) in [5.41, 5.74) is 5.89. The lowest BCUT2D eigenvalue weighted by Gasteiger charge is -2.04. The van der Waals surface area contributed by atoms with Crippen molar-refractivity contribution in [2.45, 2.75) is 23.1 Å². The van der Waals surface area contributed by atoms with Gasteiger partial charge in [0.2, 0.25) is 5.89 Å². The lowest BCUT2D eigenvalue weighted by Crippen LogP contribution is -2.13. The first-order valence-corrected chi connectivity index (χ1v) is 7.13. The van der Waals surface area contributed by atoms with Crippen molar-refractivity contribution < 1.29 is 13.7 Å². The average Bonchev–Trinajstić information content (AvgIpc) is 2.91. The summed E-state index contributed by atoms with van der Waals surface area (Å²) < 4.78 is 23.1. The molecule has 7 heteroatoms. The Morgan fingerprint density at radius 1 is 1.50 bits per heavy atom. The molecule has 108 valence electrons. The largest absolute Gasteiger partial charge is 0.385 e. The highest BCUT2D eigenvalue weighted by atomic mass is 32.2. The maximum atomic E-state index is 13.0. The molecule has 0 fully saturated rings. The summed E-state index contributed by atoms with van der Waals surface area (Å²) in [5.74, 6) is 1.19. The Labute approximate surface area is 120 Å². The van der Waals surface area contributed by atoms with Crippen LogP contribution in [0.15, 0.2) is 33.7 Å². The van der Waals surface area contributed by atoms with Gasteiger partial charge in [-0.3, -0.25) is 0 Å². The zero-order valence-electron chi connectivity index (χ0n) is 11.1. The first kappa shape index (κ1) is 15.0. The molecule has 0 aliphatic rings. The Morgan fingerprint density at radius 3 is 3.10 bits per heavy atom. The summed E-state index contributed by atoms with van der Waals surface area (Å²) in [6.45, 7) is 0.539. The molecule has 0 radical (unpaired) electrons. The monoisotopic (exact) mass is 297 g/mol. The maximum Gasteiger partial charge on any atom is 0.243 e. The molecule has 5 nitrogen and oxygen atoms in total. The highest BCUT2D eigenvalue weighted by Crippen LogP contribution is 2.22. The fourth-order valence-corrected chi connectivity index (χ4v) is 2.33. The first-order chi connectivity index (χ1) is 9.69. The van der Waals surface area contributed by atoms with Gasteiger partial charge in [-0.25, -0.2) is 4.39 Å². The van der Waals surface area contributed by atoms with E-state index in [0.29, 0.717) is 30.5 Å². The average molecular weight is 297 g/mol. The first-order valence-electron chi connectivity index (χ1n) is 6.14. The van der Waals surface area contributed by atoms with E-state index in [1.54, 1.807) is 13.2 Å². The van der Waals surface area contributed by atoms with Crippen LogP contribution < -0.4 is 5.73 Å². The molecule has 0 saturated heterocycles. The van der Waals surface area contributed by atoms with E-state index in [1.807, 2.05) is 6.07 Å². The molecule has 1 aromatic carbocycles. The van der Waals surface area contributed by atoms with E-state index in [-0.39, 0.29) is 11.9 Å². The summed E-state index contributed by atoms with van der Waals surface area (Å²) in [6, 6.07) is 6.05. The van der Waals surface area contributed by atoms with Gasteiger partial charge < -0.3 is 15.0 Å². The van der Waals surface area contributed by atoms with Crippen LogP contribution in [0.2, 0.25) is 0 Å². The summed E-state index contributed by atoms with van der Waals surface area (Å²) in [4.78, 5) is 5.05. The number of hydrogen-bond donors (Lipinski definition) is 1. The number of rotatable bonds is 7. The normalized spacial score (nSPS) is 12.6. The second kappa shape index (κ2) is 7.37. The van der Waals surface area contributed by atoms with Gasteiger partial charge in [-0.05, 0) is 24.6 Å². The molecule has 1 aromatic heterocycles. The zero-order valence-corrected chi connectivity index (χ0v) is 11.9. The van der Waals surface area contributed by atoms with Crippen molar-refractivity contribution in [2.24, 2.45) is 5.73 Å². The van der Waals surface area contributed by atoms with Crippen molar-refractivity contribution in [1.29, 1.82) is 0 Å². The Kier molecular flexibility index (Phi) is 5.51. The van der Waals surface area contributed by atoms with Crippen molar-refractivity contribution in [3.05, 3.63) is 41.8 Å². The molecule has 0 amide bonds. The topological polar surface area (TPSA) is 74.2 Å². The van der Waals surface area contributed by atoms with Crippen LogP contribution in [0.3, 0.4) is 0 Å². The summed E-state index contributed by atoms with van der Waals surface area (Å²) in [6.07, 6.45) is 0.620. The van der Waals surface area contributed by atoms with E-state index >= 15 is 0 Å². The van der Waals surface area contributed by atoms with E-state index in [0.717, 1.165) is 4.90 Å². The van der Waals surface area contributed by atoms with Crippen molar-refractivity contribution in [3.63, 3.8) is 0 Å². The number of halogens is 1. The molecule has 1 heterocycles. The van der Waals surface area contributed by atoms with Gasteiger partial charge >= 0.3 is 0 Å². The van der Waals surface area contributed by atoms with E-state index in [2.05, 4.69) is 10.1 Å². The molecule has 0 aliphatic heterocycles. The lowest BCUT2D eigenvalue weighted by atomic mass is 10.2. The summed E-state index contributed by atoms with van der Waals surface area (Å²) >= 11 is 1.44. The van der Waals surface area contributed by atoms with Crippen LogP contribution in [0.5, 0.6) is 0 Å². The molecule has 2 aromatic rings. The van der Waals surface area contributed by atoms with Crippen LogP contribution in [0.25, 0.3) is 0 Å². The molecule has 0 spiro atoms. The minimum Gasteiger partial charge on any atom is -0.385 e. The smallest absolute Gasteiger partial charge is 0.243 e. The third kappa shape index (κ3) is 4.29. The second-order valence-electron chi connectivity index (χ2n) is 4.18. The molecule has 2 rings (SSSR count). The molecule has 20 heavy (non-hydrogen) atoms. The molecular formula is C13H16FN3O2S. The second-order valence-corrected chi connectivity index (χ2v) is 5.23. The third-order valence-corrected chi connectivity index (χ3v) is 3.59. The molecule has 2 N–H and O–H groups in total. The van der Waals surface area contributed by atoms with Gasteiger partial charge in [0.25, 0.3) is 0 Å². The van der Waals surface area contributed by atoms with Crippen LogP contribution in [-0.2, 0) is 10.5 Å². The van der Waals surface area contributed by atoms with Crippen molar-refractivity contribution in [3.8, 4) is 0 Å². The molecule has 1 unspecified atom stereocenters. The van der Waals surface area contributed by atoms with Crippen molar-refractivity contribution in [2.75, 3.05) is 13.7 Å². The molecular weight excluding hydrogens is 281 g/mol. The lowest BCUT2D eigenvalue weighted by molar-refractivity contribution is 0.182. The van der Waals surface area contributed by atoms with Gasteiger partial charge in [0.1, 0.15) is 5.82 Å². The molecule has 0 saturated carbocycles. The Balaban J connectivity index is 1.89. The quantitative estimate of drug-likeness (QED) is 0.792. The van der Waals surface area contributed by atoms with Gasteiger partial charge in [-0.15, -0.1) is 11.8 Å². The van der Waals surface area contributed by atoms with E-state index in [4.69, 9.17) is 15.0 Å². The minimum atomic E-state index is -0.324. The zero-order chi connectivity index (χ0) is 14.4. The van der Waals surface area contributed by atoms with E-state index in [1.165, 1.54) is 23.9 Å². The predicted octanol–water partition coefficient (Wildman–Crippen LogP) is 2.54. The fourth-order valence-electron chi connectivity index (χ4n) is 1.55. The SMILES string of the molecule is COCCC(N)c1nc(CSc2cccc(F)c2)no1. The number of methoxy groups -OCH3 is 1. The number of nitrogens with zero attached hydrogens (tertiary/aromatic N) is 2. The fraction of sp³-hybridized carbons (Fsp3) is 0.385. The summed E-state index contributed by atoms with van der Waals surface area (Å²) in [7, 11) is 1.61. The van der Waals surface area contributed by atoms with Crippen LogP contribution in [0, 0.1) is 5.82 Å². The molecule has 0 aliphatic carbocycles. The van der Waals surface area contributed by atoms with Gasteiger partial charge in [0.05, 0.1) is 11.8 Å². The molecule has 0 bridgehead atoms. The third-order valence-electron chi connectivity index (χ3n) is 2.60. The summed E-state index contributed by atoms with van der Waals surface area (Å²) in [5, 5.41) is 3.86. The maximum absolute atomic E-state index is 13.0.